The van der Waals surface area contributed by atoms with E-state index in [2.05, 4.69) is 37.6 Å². The summed E-state index contributed by atoms with van der Waals surface area (Å²) >= 11 is 0. The van der Waals surface area contributed by atoms with E-state index in [0.717, 1.165) is 42.7 Å². The Morgan fingerprint density at radius 2 is 1.79 bits per heavy atom. The van der Waals surface area contributed by atoms with Crippen molar-refractivity contribution in [3.63, 3.8) is 0 Å². The van der Waals surface area contributed by atoms with Crippen LogP contribution in [0.2, 0.25) is 0 Å². The molecule has 0 amide bonds. The largest absolute Gasteiger partial charge is 0.487 e. The standard InChI is InChI=1S/C27H38F2N2O3/c1-7-15-27(6,16-8-2)30-33-18-20(3)22(5)31-17-24(14-13-21(31)4)32-19-23-11-9-10-12-25(23)34-26(28)29/h9-14,17,26,30H,4,7-8,15-16,18-19H2,1-3,5-6H3/b22-20+. The molecule has 2 rings (SSSR count). The summed E-state index contributed by atoms with van der Waals surface area (Å²) in [5.74, 6) is 0.692. The monoisotopic (exact) mass is 476 g/mol. The lowest BCUT2D eigenvalue weighted by atomic mass is 9.92. The van der Waals surface area contributed by atoms with Gasteiger partial charge in [0.1, 0.15) is 18.1 Å². The SMILES string of the molecule is C=C1C=CC(OCc2ccccc2OC(F)F)=CN1/C(C)=C(\C)CONC(C)(CCC)CCC. The summed E-state index contributed by atoms with van der Waals surface area (Å²) in [7, 11) is 0. The van der Waals surface area contributed by atoms with E-state index in [9.17, 15) is 8.78 Å². The molecule has 0 aliphatic carbocycles. The third-order valence-electron chi connectivity index (χ3n) is 5.78. The van der Waals surface area contributed by atoms with Crippen LogP contribution in [-0.2, 0) is 16.2 Å². The zero-order valence-corrected chi connectivity index (χ0v) is 21.0. The number of halogens is 2. The van der Waals surface area contributed by atoms with Gasteiger partial charge in [0.25, 0.3) is 0 Å². The highest BCUT2D eigenvalue weighted by molar-refractivity contribution is 5.36. The molecule has 0 bridgehead atoms. The third kappa shape index (κ3) is 8.29. The molecule has 1 aliphatic heterocycles. The zero-order chi connectivity index (χ0) is 25.1. The van der Waals surface area contributed by atoms with Gasteiger partial charge in [0.2, 0.25) is 0 Å². The van der Waals surface area contributed by atoms with E-state index in [1.54, 1.807) is 24.3 Å². The van der Waals surface area contributed by atoms with Crippen LogP contribution in [0.25, 0.3) is 0 Å². The van der Waals surface area contributed by atoms with Crippen molar-refractivity contribution in [1.29, 1.82) is 0 Å². The molecule has 1 aromatic rings. The molecule has 5 nitrogen and oxygen atoms in total. The molecule has 1 aromatic carbocycles. The predicted octanol–water partition coefficient (Wildman–Crippen LogP) is 7.21. The number of hydrogen-bond donors (Lipinski definition) is 1. The van der Waals surface area contributed by atoms with Crippen LogP contribution in [0.1, 0.15) is 65.9 Å². The summed E-state index contributed by atoms with van der Waals surface area (Å²) < 4.78 is 35.8. The van der Waals surface area contributed by atoms with Crippen molar-refractivity contribution in [2.45, 2.75) is 79.1 Å². The van der Waals surface area contributed by atoms with Gasteiger partial charge in [-0.3, -0.25) is 4.84 Å². The van der Waals surface area contributed by atoms with Crippen LogP contribution in [0.3, 0.4) is 0 Å². The van der Waals surface area contributed by atoms with E-state index >= 15 is 0 Å². The average molecular weight is 477 g/mol. The highest BCUT2D eigenvalue weighted by atomic mass is 19.3. The second-order valence-electron chi connectivity index (χ2n) is 8.82. The molecule has 0 saturated heterocycles. The molecule has 0 atom stereocenters. The molecule has 0 spiro atoms. The smallest absolute Gasteiger partial charge is 0.387 e. The lowest BCUT2D eigenvalue weighted by molar-refractivity contribution is -0.0510. The first-order valence-electron chi connectivity index (χ1n) is 11.8. The minimum Gasteiger partial charge on any atom is -0.487 e. The van der Waals surface area contributed by atoms with Gasteiger partial charge in [0.15, 0.2) is 0 Å². The first-order valence-corrected chi connectivity index (χ1v) is 11.8. The van der Waals surface area contributed by atoms with Gasteiger partial charge in [0.05, 0.1) is 12.8 Å². The first-order chi connectivity index (χ1) is 16.2. The van der Waals surface area contributed by atoms with E-state index < -0.39 is 6.61 Å². The molecule has 0 aromatic heterocycles. The molecule has 188 valence electrons. The van der Waals surface area contributed by atoms with Crippen molar-refractivity contribution in [2.24, 2.45) is 0 Å². The van der Waals surface area contributed by atoms with Crippen molar-refractivity contribution in [2.75, 3.05) is 6.61 Å². The number of ether oxygens (including phenoxy) is 2. The highest BCUT2D eigenvalue weighted by Crippen LogP contribution is 2.26. The van der Waals surface area contributed by atoms with Crippen LogP contribution < -0.4 is 10.2 Å². The minimum atomic E-state index is -2.89. The molecule has 0 radical (unpaired) electrons. The predicted molar refractivity (Wildman–Crippen MR) is 132 cm³/mol. The Morgan fingerprint density at radius 1 is 1.12 bits per heavy atom. The van der Waals surface area contributed by atoms with E-state index in [-0.39, 0.29) is 17.9 Å². The molecule has 1 N–H and O–H groups in total. The molecule has 7 heteroatoms. The van der Waals surface area contributed by atoms with Crippen molar-refractivity contribution in [3.05, 3.63) is 77.5 Å². The number of para-hydroxylation sites is 1. The molecule has 0 saturated carbocycles. The van der Waals surface area contributed by atoms with Gasteiger partial charge in [-0.15, -0.1) is 0 Å². The molecule has 1 heterocycles. The summed E-state index contributed by atoms with van der Waals surface area (Å²) in [5.41, 5.74) is 6.59. The van der Waals surface area contributed by atoms with Crippen molar-refractivity contribution in [3.8, 4) is 5.75 Å². The maximum absolute atomic E-state index is 12.7. The maximum atomic E-state index is 12.7. The Morgan fingerprint density at radius 3 is 2.44 bits per heavy atom. The van der Waals surface area contributed by atoms with E-state index in [1.807, 2.05) is 31.0 Å². The van der Waals surface area contributed by atoms with Gasteiger partial charge in [-0.25, -0.2) is 0 Å². The van der Waals surface area contributed by atoms with Gasteiger partial charge in [-0.05, 0) is 57.4 Å². The Bertz CT molecular complexity index is 903. The number of rotatable bonds is 14. The van der Waals surface area contributed by atoms with Gasteiger partial charge in [-0.1, -0.05) is 51.5 Å². The second kappa shape index (κ2) is 13.3. The topological polar surface area (TPSA) is 43.0 Å². The van der Waals surface area contributed by atoms with Crippen LogP contribution in [0.5, 0.6) is 5.75 Å². The lowest BCUT2D eigenvalue weighted by Crippen LogP contribution is -2.42. The number of nitrogens with zero attached hydrogens (tertiary/aromatic N) is 1. The summed E-state index contributed by atoms with van der Waals surface area (Å²) in [6.07, 6.45) is 9.77. The van der Waals surface area contributed by atoms with Crippen LogP contribution in [0.15, 0.2) is 71.9 Å². The average Bonchev–Trinajstić information content (AvgIpc) is 2.78. The minimum absolute atomic E-state index is 0.0413. The third-order valence-corrected chi connectivity index (χ3v) is 5.78. The number of allylic oxidation sites excluding steroid dienone is 3. The van der Waals surface area contributed by atoms with Gasteiger partial charge in [0, 0.05) is 22.5 Å². The highest BCUT2D eigenvalue weighted by Gasteiger charge is 2.22. The molecular weight excluding hydrogens is 438 g/mol. The van der Waals surface area contributed by atoms with Crippen LogP contribution >= 0.6 is 0 Å². The Hall–Kier alpha value is -2.64. The number of nitrogens with one attached hydrogen (secondary N) is 1. The number of hydrogen-bond acceptors (Lipinski definition) is 5. The molecular formula is C27H38F2N2O3. The second-order valence-corrected chi connectivity index (χ2v) is 8.82. The van der Waals surface area contributed by atoms with E-state index in [0.29, 0.717) is 17.9 Å². The quantitative estimate of drug-likeness (QED) is 0.288. The Kier molecular flexibility index (Phi) is 10.8. The van der Waals surface area contributed by atoms with Crippen LogP contribution in [0.4, 0.5) is 8.78 Å². The van der Waals surface area contributed by atoms with Crippen molar-refractivity contribution >= 4 is 0 Å². The van der Waals surface area contributed by atoms with Gasteiger partial charge in [-0.2, -0.15) is 14.3 Å². The molecule has 1 aliphatic rings. The zero-order valence-electron chi connectivity index (χ0n) is 21.0. The Balaban J connectivity index is 2.04. The molecule has 0 fully saturated rings. The number of alkyl halides is 2. The van der Waals surface area contributed by atoms with Crippen molar-refractivity contribution < 1.29 is 23.1 Å². The number of benzene rings is 1. The van der Waals surface area contributed by atoms with Gasteiger partial charge >= 0.3 is 6.61 Å². The van der Waals surface area contributed by atoms with Crippen LogP contribution in [0, 0.1) is 0 Å². The van der Waals surface area contributed by atoms with Crippen molar-refractivity contribution in [1.82, 2.24) is 10.4 Å². The summed E-state index contributed by atoms with van der Waals surface area (Å²) in [5, 5.41) is 0. The molecule has 34 heavy (non-hydrogen) atoms. The van der Waals surface area contributed by atoms with Crippen LogP contribution in [-0.4, -0.2) is 23.7 Å². The first kappa shape index (κ1) is 27.6. The fourth-order valence-electron chi connectivity index (χ4n) is 3.86. The lowest BCUT2D eigenvalue weighted by Gasteiger charge is -2.31. The van der Waals surface area contributed by atoms with E-state index in [4.69, 9.17) is 9.57 Å². The van der Waals surface area contributed by atoms with E-state index in [1.165, 1.54) is 6.07 Å². The fraction of sp³-hybridized carbons (Fsp3) is 0.481. The molecule has 0 unspecified atom stereocenters. The maximum Gasteiger partial charge on any atom is 0.387 e. The number of hydroxylamine groups is 1. The fourth-order valence-corrected chi connectivity index (χ4v) is 3.86. The summed E-state index contributed by atoms with van der Waals surface area (Å²) in [6, 6.07) is 6.60. The Labute approximate surface area is 202 Å². The van der Waals surface area contributed by atoms with Gasteiger partial charge < -0.3 is 14.4 Å². The normalized spacial score (nSPS) is 14.9. The summed E-state index contributed by atoms with van der Waals surface area (Å²) in [4.78, 5) is 7.82. The summed E-state index contributed by atoms with van der Waals surface area (Å²) in [6.45, 7) is 12.3.